The van der Waals surface area contributed by atoms with Gasteiger partial charge in [-0.25, -0.2) is 4.98 Å². The van der Waals surface area contributed by atoms with Crippen molar-refractivity contribution in [2.75, 3.05) is 11.2 Å². The van der Waals surface area contributed by atoms with Crippen LogP contribution < -0.4 is 5.32 Å². The van der Waals surface area contributed by atoms with Gasteiger partial charge < -0.3 is 5.32 Å². The molecule has 0 unspecified atom stereocenters. The van der Waals surface area contributed by atoms with Crippen LogP contribution in [0, 0.1) is 0 Å². The van der Waals surface area contributed by atoms with Gasteiger partial charge in [-0.2, -0.15) is 0 Å². The average molecular weight is 312 g/mol. The molecule has 1 heterocycles. The fraction of sp³-hybridized carbons (Fsp3) is 0.556. The number of rotatable bonds is 2. The Bertz CT molecular complexity index is 373. The molecule has 0 saturated carbocycles. The molecule has 1 rings (SSSR count). The summed E-state index contributed by atoms with van der Waals surface area (Å²) in [6.07, 6.45) is 0. The minimum absolute atomic E-state index is 0.0424. The predicted molar refractivity (Wildman–Crippen MR) is 67.9 cm³/mol. The molecule has 15 heavy (non-hydrogen) atoms. The SMILES string of the molecule is CC(C)(C)c1nc(NC(=O)CCl)sc1Br. The van der Waals surface area contributed by atoms with E-state index in [1.54, 1.807) is 0 Å². The number of nitrogens with zero attached hydrogens (tertiary/aromatic N) is 1. The summed E-state index contributed by atoms with van der Waals surface area (Å²) in [6, 6.07) is 0. The predicted octanol–water partition coefficient (Wildman–Crippen LogP) is 3.38. The summed E-state index contributed by atoms with van der Waals surface area (Å²) in [5.41, 5.74) is 0.900. The molecule has 0 fully saturated rings. The molecule has 1 aromatic heterocycles. The molecule has 0 saturated heterocycles. The minimum atomic E-state index is -0.238. The van der Waals surface area contributed by atoms with Crippen LogP contribution in [0.3, 0.4) is 0 Å². The van der Waals surface area contributed by atoms with Crippen LogP contribution in [-0.4, -0.2) is 16.8 Å². The van der Waals surface area contributed by atoms with Crippen molar-refractivity contribution in [3.05, 3.63) is 9.48 Å². The minimum Gasteiger partial charge on any atom is -0.301 e. The first kappa shape index (κ1) is 12.9. The van der Waals surface area contributed by atoms with Crippen molar-refractivity contribution < 1.29 is 4.79 Å². The number of carbonyl (C=O) groups is 1. The molecule has 1 amide bonds. The summed E-state index contributed by atoms with van der Waals surface area (Å²) in [4.78, 5) is 15.4. The van der Waals surface area contributed by atoms with Gasteiger partial charge in [0, 0.05) is 5.41 Å². The average Bonchev–Trinajstić information content (AvgIpc) is 2.45. The number of halogens is 2. The Morgan fingerprint density at radius 1 is 1.60 bits per heavy atom. The van der Waals surface area contributed by atoms with Gasteiger partial charge in [-0.1, -0.05) is 32.1 Å². The van der Waals surface area contributed by atoms with Gasteiger partial charge in [0.15, 0.2) is 5.13 Å². The maximum absolute atomic E-state index is 11.1. The van der Waals surface area contributed by atoms with Crippen molar-refractivity contribution in [1.82, 2.24) is 4.98 Å². The molecular weight excluding hydrogens is 300 g/mol. The van der Waals surface area contributed by atoms with Crippen LogP contribution in [0.5, 0.6) is 0 Å². The van der Waals surface area contributed by atoms with E-state index in [-0.39, 0.29) is 17.2 Å². The molecule has 6 heteroatoms. The van der Waals surface area contributed by atoms with Crippen LogP contribution in [0.15, 0.2) is 3.79 Å². The third-order valence-corrected chi connectivity index (χ3v) is 3.53. The molecular formula is C9H12BrClN2OS. The molecule has 1 aromatic rings. The van der Waals surface area contributed by atoms with Crippen LogP contribution in [-0.2, 0) is 10.2 Å². The molecule has 1 N–H and O–H groups in total. The van der Waals surface area contributed by atoms with E-state index < -0.39 is 0 Å². The number of anilines is 1. The number of hydrogen-bond donors (Lipinski definition) is 1. The zero-order valence-electron chi connectivity index (χ0n) is 8.73. The first-order valence-electron chi connectivity index (χ1n) is 4.37. The molecule has 0 aliphatic heterocycles. The van der Waals surface area contributed by atoms with Crippen LogP contribution in [0.25, 0.3) is 0 Å². The molecule has 0 aliphatic carbocycles. The van der Waals surface area contributed by atoms with Gasteiger partial charge in [-0.3, -0.25) is 4.79 Å². The van der Waals surface area contributed by atoms with Gasteiger partial charge in [0.05, 0.1) is 9.48 Å². The highest BCUT2D eigenvalue weighted by molar-refractivity contribution is 9.11. The third kappa shape index (κ3) is 3.43. The number of aromatic nitrogens is 1. The lowest BCUT2D eigenvalue weighted by Gasteiger charge is -2.15. The molecule has 0 radical (unpaired) electrons. The van der Waals surface area contributed by atoms with E-state index in [2.05, 4.69) is 47.0 Å². The molecule has 84 valence electrons. The maximum Gasteiger partial charge on any atom is 0.241 e. The number of nitrogens with one attached hydrogen (secondary N) is 1. The van der Waals surface area contributed by atoms with Gasteiger partial charge >= 0.3 is 0 Å². The number of amides is 1. The number of thiazole rings is 1. The normalized spacial score (nSPS) is 11.5. The third-order valence-electron chi connectivity index (χ3n) is 1.66. The highest BCUT2D eigenvalue weighted by Gasteiger charge is 2.22. The quantitative estimate of drug-likeness (QED) is 0.851. The van der Waals surface area contributed by atoms with Gasteiger partial charge in [-0.05, 0) is 15.9 Å². The van der Waals surface area contributed by atoms with Crippen molar-refractivity contribution in [2.45, 2.75) is 26.2 Å². The second-order valence-electron chi connectivity index (χ2n) is 4.07. The molecule has 0 atom stereocenters. The van der Waals surface area contributed by atoms with E-state index >= 15 is 0 Å². The summed E-state index contributed by atoms with van der Waals surface area (Å²) in [7, 11) is 0. The Balaban J connectivity index is 2.91. The topological polar surface area (TPSA) is 42.0 Å². The van der Waals surface area contributed by atoms with Gasteiger partial charge in [0.1, 0.15) is 5.88 Å². The monoisotopic (exact) mass is 310 g/mol. The van der Waals surface area contributed by atoms with Crippen molar-refractivity contribution in [2.24, 2.45) is 0 Å². The van der Waals surface area contributed by atoms with Crippen molar-refractivity contribution in [3.63, 3.8) is 0 Å². The zero-order chi connectivity index (χ0) is 11.6. The summed E-state index contributed by atoms with van der Waals surface area (Å²) in [5.74, 6) is -0.291. The van der Waals surface area contributed by atoms with E-state index in [1.807, 2.05) is 0 Å². The second kappa shape index (κ2) is 4.80. The van der Waals surface area contributed by atoms with E-state index in [0.717, 1.165) is 9.48 Å². The first-order valence-corrected chi connectivity index (χ1v) is 6.51. The fourth-order valence-electron chi connectivity index (χ4n) is 0.970. The summed E-state index contributed by atoms with van der Waals surface area (Å²) >= 11 is 10.2. The van der Waals surface area contributed by atoms with Crippen LogP contribution in [0.1, 0.15) is 26.5 Å². The molecule has 3 nitrogen and oxygen atoms in total. The second-order valence-corrected chi connectivity index (χ2v) is 6.66. The highest BCUT2D eigenvalue weighted by atomic mass is 79.9. The molecule has 0 bridgehead atoms. The first-order chi connectivity index (χ1) is 6.84. The lowest BCUT2D eigenvalue weighted by molar-refractivity contribution is -0.113. The Kier molecular flexibility index (Phi) is 4.14. The molecule has 0 spiro atoms. The van der Waals surface area contributed by atoms with Crippen molar-refractivity contribution in [3.8, 4) is 0 Å². The Labute approximate surface area is 106 Å². The summed E-state index contributed by atoms with van der Waals surface area (Å²) in [6.45, 7) is 6.21. The lowest BCUT2D eigenvalue weighted by atomic mass is 9.93. The van der Waals surface area contributed by atoms with E-state index in [9.17, 15) is 4.79 Å². The van der Waals surface area contributed by atoms with Crippen molar-refractivity contribution in [1.29, 1.82) is 0 Å². The van der Waals surface area contributed by atoms with Crippen LogP contribution >= 0.6 is 38.9 Å². The standard InChI is InChI=1S/C9H12BrClN2OS/c1-9(2,3)6-7(10)15-8(13-6)12-5(14)4-11/h4H2,1-3H3,(H,12,13,14). The van der Waals surface area contributed by atoms with Crippen molar-refractivity contribution >= 4 is 49.9 Å². The number of alkyl halides is 1. The molecule has 0 aromatic carbocycles. The largest absolute Gasteiger partial charge is 0.301 e. The van der Waals surface area contributed by atoms with Crippen LogP contribution in [0.2, 0.25) is 0 Å². The van der Waals surface area contributed by atoms with Gasteiger partial charge in [0.25, 0.3) is 0 Å². The number of hydrogen-bond acceptors (Lipinski definition) is 3. The van der Waals surface area contributed by atoms with Gasteiger partial charge in [0.2, 0.25) is 5.91 Å². The summed E-state index contributed by atoms with van der Waals surface area (Å²) in [5, 5.41) is 3.21. The summed E-state index contributed by atoms with van der Waals surface area (Å²) < 4.78 is 0.944. The lowest BCUT2D eigenvalue weighted by Crippen LogP contribution is -2.15. The van der Waals surface area contributed by atoms with E-state index in [1.165, 1.54) is 11.3 Å². The smallest absolute Gasteiger partial charge is 0.241 e. The Morgan fingerprint density at radius 3 is 2.60 bits per heavy atom. The fourth-order valence-corrected chi connectivity index (χ4v) is 3.10. The maximum atomic E-state index is 11.1. The molecule has 0 aliphatic rings. The van der Waals surface area contributed by atoms with Gasteiger partial charge in [-0.15, -0.1) is 11.6 Å². The Morgan fingerprint density at radius 2 is 2.20 bits per heavy atom. The number of carbonyl (C=O) groups excluding carboxylic acids is 1. The van der Waals surface area contributed by atoms with E-state index in [4.69, 9.17) is 11.6 Å². The highest BCUT2D eigenvalue weighted by Crippen LogP contribution is 2.35. The van der Waals surface area contributed by atoms with E-state index in [0.29, 0.717) is 5.13 Å². The van der Waals surface area contributed by atoms with Crippen LogP contribution in [0.4, 0.5) is 5.13 Å². The Hall–Kier alpha value is -0.130. The zero-order valence-corrected chi connectivity index (χ0v) is 11.9.